The van der Waals surface area contributed by atoms with Crippen molar-refractivity contribution in [2.45, 2.75) is 19.4 Å². The molecule has 28 heavy (non-hydrogen) atoms. The van der Waals surface area contributed by atoms with Crippen LogP contribution >= 0.6 is 11.6 Å². The van der Waals surface area contributed by atoms with Gasteiger partial charge in [-0.2, -0.15) is 0 Å². The van der Waals surface area contributed by atoms with Crippen LogP contribution in [0.2, 0.25) is 5.02 Å². The van der Waals surface area contributed by atoms with Gasteiger partial charge in [-0.15, -0.1) is 10.2 Å². The van der Waals surface area contributed by atoms with Crippen molar-refractivity contribution in [3.63, 3.8) is 0 Å². The minimum Gasteiger partial charge on any atom is -0.418 e. The molecule has 0 saturated carbocycles. The molecule has 0 aliphatic rings. The Morgan fingerprint density at radius 3 is 2.39 bits per heavy atom. The van der Waals surface area contributed by atoms with E-state index in [0.717, 1.165) is 23.2 Å². The van der Waals surface area contributed by atoms with Crippen molar-refractivity contribution in [3.8, 4) is 11.5 Å². The van der Waals surface area contributed by atoms with Crippen LogP contribution in [0.1, 0.15) is 30.0 Å². The van der Waals surface area contributed by atoms with Crippen molar-refractivity contribution < 1.29 is 4.42 Å². The molecule has 0 spiro atoms. The lowest BCUT2D eigenvalue weighted by Crippen LogP contribution is -2.14. The summed E-state index contributed by atoms with van der Waals surface area (Å²) in [4.78, 5) is 0. The Morgan fingerprint density at radius 2 is 1.61 bits per heavy atom. The third kappa shape index (κ3) is 3.78. The van der Waals surface area contributed by atoms with Gasteiger partial charge in [0.25, 0.3) is 0 Å². The van der Waals surface area contributed by atoms with Gasteiger partial charge in [-0.05, 0) is 35.7 Å². The molecular formula is C23H20ClN3O. The SMILES string of the molecule is CCc1ccccc1N[C@@H](c1ccccc1)c1nnc(-c2ccccc2Cl)o1. The number of hydrogen-bond acceptors (Lipinski definition) is 4. The second-order valence-electron chi connectivity index (χ2n) is 6.42. The van der Waals surface area contributed by atoms with Crippen LogP contribution in [0.15, 0.2) is 83.3 Å². The van der Waals surface area contributed by atoms with Gasteiger partial charge in [-0.3, -0.25) is 0 Å². The van der Waals surface area contributed by atoms with E-state index in [1.807, 2.05) is 66.7 Å². The van der Waals surface area contributed by atoms with Gasteiger partial charge in [0.15, 0.2) is 0 Å². The third-order valence-electron chi connectivity index (χ3n) is 4.62. The maximum absolute atomic E-state index is 6.29. The molecule has 0 aliphatic heterocycles. The first-order valence-electron chi connectivity index (χ1n) is 9.24. The fourth-order valence-electron chi connectivity index (χ4n) is 3.15. The van der Waals surface area contributed by atoms with Gasteiger partial charge in [0.1, 0.15) is 6.04 Å². The number of nitrogens with zero attached hydrogens (tertiary/aromatic N) is 2. The highest BCUT2D eigenvalue weighted by Gasteiger charge is 2.22. The molecule has 4 aromatic rings. The molecular weight excluding hydrogens is 370 g/mol. The van der Waals surface area contributed by atoms with Crippen LogP contribution in [0.5, 0.6) is 0 Å². The zero-order valence-corrected chi connectivity index (χ0v) is 16.2. The minimum absolute atomic E-state index is 0.266. The quantitative estimate of drug-likeness (QED) is 0.429. The molecule has 0 fully saturated rings. The largest absolute Gasteiger partial charge is 0.418 e. The molecule has 4 nitrogen and oxygen atoms in total. The van der Waals surface area contributed by atoms with Gasteiger partial charge < -0.3 is 9.73 Å². The van der Waals surface area contributed by atoms with Crippen molar-refractivity contribution >= 4 is 17.3 Å². The zero-order chi connectivity index (χ0) is 19.3. The zero-order valence-electron chi connectivity index (χ0n) is 15.5. The lowest BCUT2D eigenvalue weighted by Gasteiger charge is -2.19. The van der Waals surface area contributed by atoms with Crippen molar-refractivity contribution in [2.24, 2.45) is 0 Å². The Labute approximate surface area is 169 Å². The van der Waals surface area contributed by atoms with E-state index in [1.165, 1.54) is 5.56 Å². The smallest absolute Gasteiger partial charge is 0.249 e. The van der Waals surface area contributed by atoms with Gasteiger partial charge in [0.2, 0.25) is 11.8 Å². The first kappa shape index (κ1) is 18.3. The number of para-hydroxylation sites is 1. The summed E-state index contributed by atoms with van der Waals surface area (Å²) in [7, 11) is 0. The third-order valence-corrected chi connectivity index (χ3v) is 4.95. The molecule has 3 aromatic carbocycles. The average Bonchev–Trinajstić information content (AvgIpc) is 3.23. The van der Waals surface area contributed by atoms with Gasteiger partial charge in [0, 0.05) is 5.69 Å². The summed E-state index contributed by atoms with van der Waals surface area (Å²) in [5, 5.41) is 12.7. The van der Waals surface area contributed by atoms with E-state index in [0.29, 0.717) is 16.8 Å². The number of benzene rings is 3. The topological polar surface area (TPSA) is 51.0 Å². The van der Waals surface area contributed by atoms with Crippen LogP contribution in [-0.4, -0.2) is 10.2 Å². The lowest BCUT2D eigenvalue weighted by molar-refractivity contribution is 0.494. The Kier molecular flexibility index (Phi) is 5.40. The summed E-state index contributed by atoms with van der Waals surface area (Å²) >= 11 is 6.29. The van der Waals surface area contributed by atoms with E-state index in [-0.39, 0.29) is 6.04 Å². The Hall–Kier alpha value is -3.11. The van der Waals surface area contributed by atoms with E-state index >= 15 is 0 Å². The molecule has 0 amide bonds. The summed E-state index contributed by atoms with van der Waals surface area (Å²) in [5.74, 6) is 0.902. The summed E-state index contributed by atoms with van der Waals surface area (Å²) in [6, 6.07) is 25.5. The number of aromatic nitrogens is 2. The average molecular weight is 390 g/mol. The Balaban J connectivity index is 1.74. The van der Waals surface area contributed by atoms with Crippen molar-refractivity contribution in [2.75, 3.05) is 5.32 Å². The highest BCUT2D eigenvalue weighted by Crippen LogP contribution is 2.31. The highest BCUT2D eigenvalue weighted by atomic mass is 35.5. The van der Waals surface area contributed by atoms with Crippen LogP contribution in [0.4, 0.5) is 5.69 Å². The van der Waals surface area contributed by atoms with E-state index in [9.17, 15) is 0 Å². The predicted octanol–water partition coefficient (Wildman–Crippen LogP) is 6.15. The predicted molar refractivity (Wildman–Crippen MR) is 112 cm³/mol. The molecule has 1 N–H and O–H groups in total. The second-order valence-corrected chi connectivity index (χ2v) is 6.83. The molecule has 0 aliphatic carbocycles. The summed E-state index contributed by atoms with van der Waals surface area (Å²) < 4.78 is 6.04. The molecule has 0 radical (unpaired) electrons. The molecule has 0 unspecified atom stereocenters. The summed E-state index contributed by atoms with van der Waals surface area (Å²) in [6.07, 6.45) is 0.930. The summed E-state index contributed by atoms with van der Waals surface area (Å²) in [6.45, 7) is 2.14. The van der Waals surface area contributed by atoms with E-state index in [2.05, 4.69) is 34.6 Å². The number of nitrogens with one attached hydrogen (secondary N) is 1. The summed E-state index contributed by atoms with van der Waals surface area (Å²) in [5.41, 5.74) is 4.05. The monoisotopic (exact) mass is 389 g/mol. The fraction of sp³-hybridized carbons (Fsp3) is 0.130. The van der Waals surface area contributed by atoms with E-state index < -0.39 is 0 Å². The first-order valence-corrected chi connectivity index (χ1v) is 9.61. The van der Waals surface area contributed by atoms with Crippen molar-refractivity contribution in [1.82, 2.24) is 10.2 Å². The van der Waals surface area contributed by atoms with Crippen molar-refractivity contribution in [1.29, 1.82) is 0 Å². The van der Waals surface area contributed by atoms with Crippen molar-refractivity contribution in [3.05, 3.63) is 101 Å². The van der Waals surface area contributed by atoms with Gasteiger partial charge in [-0.25, -0.2) is 0 Å². The maximum atomic E-state index is 6.29. The highest BCUT2D eigenvalue weighted by molar-refractivity contribution is 6.33. The van der Waals surface area contributed by atoms with Crippen LogP contribution in [0.3, 0.4) is 0 Å². The van der Waals surface area contributed by atoms with Gasteiger partial charge in [0.05, 0.1) is 10.6 Å². The standard InChI is InChI=1S/C23H20ClN3O/c1-2-16-10-6-9-15-20(16)25-21(17-11-4-3-5-12-17)23-27-26-22(28-23)18-13-7-8-14-19(18)24/h3-15,21,25H,2H2,1H3/t21-/m0/s1. The van der Waals surface area contributed by atoms with Gasteiger partial charge >= 0.3 is 0 Å². The number of rotatable bonds is 6. The van der Waals surface area contributed by atoms with Gasteiger partial charge in [-0.1, -0.05) is 79.2 Å². The van der Waals surface area contributed by atoms with Crippen LogP contribution in [0.25, 0.3) is 11.5 Å². The molecule has 0 bridgehead atoms. The normalized spacial score (nSPS) is 11.9. The van der Waals surface area contributed by atoms with Crippen LogP contribution in [-0.2, 0) is 6.42 Å². The van der Waals surface area contributed by atoms with Crippen LogP contribution < -0.4 is 5.32 Å². The van der Waals surface area contributed by atoms with E-state index in [1.54, 1.807) is 0 Å². The number of aryl methyl sites for hydroxylation is 1. The minimum atomic E-state index is -0.266. The Morgan fingerprint density at radius 1 is 0.893 bits per heavy atom. The molecule has 1 heterocycles. The molecule has 4 rings (SSSR count). The maximum Gasteiger partial charge on any atom is 0.249 e. The molecule has 1 atom stereocenters. The van der Waals surface area contributed by atoms with E-state index in [4.69, 9.17) is 16.0 Å². The molecule has 0 saturated heterocycles. The lowest BCUT2D eigenvalue weighted by atomic mass is 10.0. The Bertz CT molecular complexity index is 1060. The number of hydrogen-bond donors (Lipinski definition) is 1. The van der Waals surface area contributed by atoms with Crippen LogP contribution in [0, 0.1) is 0 Å². The first-order chi connectivity index (χ1) is 13.8. The fourth-order valence-corrected chi connectivity index (χ4v) is 3.37. The number of anilines is 1. The molecule has 1 aromatic heterocycles. The molecule has 5 heteroatoms. The molecule has 140 valence electrons. The second kappa shape index (κ2) is 8.28. The number of halogens is 1.